The highest BCUT2D eigenvalue weighted by molar-refractivity contribution is 6.43. The van der Waals surface area contributed by atoms with Gasteiger partial charge in [0.25, 0.3) is 5.91 Å². The van der Waals surface area contributed by atoms with Crippen molar-refractivity contribution in [2.24, 2.45) is 5.73 Å². The van der Waals surface area contributed by atoms with Crippen molar-refractivity contribution in [3.8, 4) is 0 Å². The van der Waals surface area contributed by atoms with Crippen LogP contribution in [0.25, 0.3) is 0 Å². The van der Waals surface area contributed by atoms with Crippen molar-refractivity contribution >= 4 is 35.0 Å². The molecule has 4 nitrogen and oxygen atoms in total. The van der Waals surface area contributed by atoms with Crippen LogP contribution in [-0.2, 0) is 4.79 Å². The van der Waals surface area contributed by atoms with Crippen LogP contribution in [0, 0.1) is 0 Å². The second-order valence-electron chi connectivity index (χ2n) is 4.32. The quantitative estimate of drug-likeness (QED) is 0.908. The van der Waals surface area contributed by atoms with E-state index in [4.69, 9.17) is 28.9 Å². The van der Waals surface area contributed by atoms with Crippen LogP contribution < -0.4 is 11.1 Å². The predicted molar refractivity (Wildman–Crippen MR) is 82.3 cm³/mol. The summed E-state index contributed by atoms with van der Waals surface area (Å²) in [5.41, 5.74) is 6.13. The first-order chi connectivity index (χ1) is 10.0. The van der Waals surface area contributed by atoms with Crippen LogP contribution in [0.4, 0.5) is 0 Å². The van der Waals surface area contributed by atoms with Gasteiger partial charge in [-0.25, -0.2) is 0 Å². The highest BCUT2D eigenvalue weighted by Crippen LogP contribution is 2.26. The lowest BCUT2D eigenvalue weighted by Gasteiger charge is -2.16. The van der Waals surface area contributed by atoms with Gasteiger partial charge in [-0.1, -0.05) is 59.6 Å². The second-order valence-corrected chi connectivity index (χ2v) is 5.11. The molecule has 2 aromatic carbocycles. The number of primary amides is 1. The maximum absolute atomic E-state index is 12.2. The van der Waals surface area contributed by atoms with E-state index >= 15 is 0 Å². The third-order valence-electron chi connectivity index (χ3n) is 2.89. The Hall–Kier alpha value is -2.04. The van der Waals surface area contributed by atoms with E-state index in [-0.39, 0.29) is 15.6 Å². The molecule has 0 saturated heterocycles. The van der Waals surface area contributed by atoms with Crippen molar-refractivity contribution in [3.63, 3.8) is 0 Å². The molecule has 1 unspecified atom stereocenters. The Bertz CT molecular complexity index is 675. The van der Waals surface area contributed by atoms with E-state index in [0.29, 0.717) is 5.56 Å². The molecule has 0 saturated carbocycles. The van der Waals surface area contributed by atoms with Gasteiger partial charge in [0.2, 0.25) is 5.91 Å². The van der Waals surface area contributed by atoms with Gasteiger partial charge in [0.1, 0.15) is 6.04 Å². The van der Waals surface area contributed by atoms with Crippen LogP contribution in [0.1, 0.15) is 22.0 Å². The van der Waals surface area contributed by atoms with Crippen molar-refractivity contribution in [2.75, 3.05) is 0 Å². The van der Waals surface area contributed by atoms with E-state index < -0.39 is 17.9 Å². The van der Waals surface area contributed by atoms with Crippen LogP contribution >= 0.6 is 23.2 Å². The summed E-state index contributed by atoms with van der Waals surface area (Å²) < 4.78 is 0. The van der Waals surface area contributed by atoms with E-state index in [1.54, 1.807) is 42.5 Å². The van der Waals surface area contributed by atoms with Crippen molar-refractivity contribution in [3.05, 3.63) is 69.7 Å². The lowest BCUT2D eigenvalue weighted by Crippen LogP contribution is -2.37. The van der Waals surface area contributed by atoms with E-state index in [1.807, 2.05) is 0 Å². The minimum atomic E-state index is -0.936. The highest BCUT2D eigenvalue weighted by Gasteiger charge is 2.22. The minimum Gasteiger partial charge on any atom is -0.368 e. The molecule has 0 radical (unpaired) electrons. The molecule has 0 aliphatic heterocycles. The molecule has 0 heterocycles. The molecule has 0 bridgehead atoms. The molecule has 0 aromatic heterocycles. The van der Waals surface area contributed by atoms with Gasteiger partial charge in [-0.2, -0.15) is 0 Å². The smallest absolute Gasteiger partial charge is 0.253 e. The van der Waals surface area contributed by atoms with Crippen LogP contribution in [0.2, 0.25) is 10.0 Å². The van der Waals surface area contributed by atoms with E-state index in [9.17, 15) is 9.59 Å². The van der Waals surface area contributed by atoms with Gasteiger partial charge < -0.3 is 11.1 Å². The molecule has 21 heavy (non-hydrogen) atoms. The fourth-order valence-electron chi connectivity index (χ4n) is 1.85. The molecule has 0 fully saturated rings. The van der Waals surface area contributed by atoms with Crippen LogP contribution in [0.3, 0.4) is 0 Å². The predicted octanol–water partition coefficient (Wildman–Crippen LogP) is 2.95. The van der Waals surface area contributed by atoms with Crippen LogP contribution in [0.5, 0.6) is 0 Å². The van der Waals surface area contributed by atoms with Crippen molar-refractivity contribution in [2.45, 2.75) is 6.04 Å². The molecule has 0 aliphatic rings. The van der Waals surface area contributed by atoms with Gasteiger partial charge in [0, 0.05) is 0 Å². The Morgan fingerprint density at radius 2 is 1.67 bits per heavy atom. The molecule has 0 spiro atoms. The molecule has 108 valence electrons. The second kappa shape index (κ2) is 6.61. The molecule has 6 heteroatoms. The summed E-state index contributed by atoms with van der Waals surface area (Å²) in [6.45, 7) is 0. The van der Waals surface area contributed by atoms with Gasteiger partial charge in [-0.15, -0.1) is 0 Å². The van der Waals surface area contributed by atoms with Gasteiger partial charge in [0.15, 0.2) is 0 Å². The summed E-state index contributed by atoms with van der Waals surface area (Å²) in [4.78, 5) is 23.8. The summed E-state index contributed by atoms with van der Waals surface area (Å²) in [6.07, 6.45) is 0. The summed E-state index contributed by atoms with van der Waals surface area (Å²) in [5, 5.41) is 2.96. The number of nitrogens with one attached hydrogen (secondary N) is 1. The zero-order chi connectivity index (χ0) is 15.4. The first kappa shape index (κ1) is 15.4. The maximum atomic E-state index is 12.2. The number of nitrogens with two attached hydrogens (primary N) is 1. The molecule has 3 N–H and O–H groups in total. The molecular formula is C15H12Cl2N2O2. The fraction of sp³-hybridized carbons (Fsp3) is 0.0667. The SMILES string of the molecule is NC(=O)C(NC(=O)c1cccc(Cl)c1Cl)c1ccccc1. The standard InChI is InChI=1S/C15H12Cl2N2O2/c16-11-8-4-7-10(12(11)17)15(21)19-13(14(18)20)9-5-2-1-3-6-9/h1-8,13H,(H2,18,20)(H,19,21). The third-order valence-corrected chi connectivity index (χ3v) is 3.71. The molecular weight excluding hydrogens is 311 g/mol. The van der Waals surface area contributed by atoms with Crippen molar-refractivity contribution < 1.29 is 9.59 Å². The first-order valence-corrected chi connectivity index (χ1v) is 6.85. The van der Waals surface area contributed by atoms with Gasteiger partial charge >= 0.3 is 0 Å². The number of rotatable bonds is 4. The van der Waals surface area contributed by atoms with Gasteiger partial charge in [-0.3, -0.25) is 9.59 Å². The average molecular weight is 323 g/mol. The third kappa shape index (κ3) is 3.54. The van der Waals surface area contributed by atoms with Crippen molar-refractivity contribution in [1.29, 1.82) is 0 Å². The van der Waals surface area contributed by atoms with Gasteiger partial charge in [0.05, 0.1) is 15.6 Å². The molecule has 1 atom stereocenters. The topological polar surface area (TPSA) is 72.2 Å². The minimum absolute atomic E-state index is 0.132. The number of halogens is 2. The fourth-order valence-corrected chi connectivity index (χ4v) is 2.24. The normalized spacial score (nSPS) is 11.7. The van der Waals surface area contributed by atoms with E-state index in [1.165, 1.54) is 6.07 Å². The Morgan fingerprint density at radius 1 is 1.00 bits per heavy atom. The number of benzene rings is 2. The zero-order valence-electron chi connectivity index (χ0n) is 10.8. The first-order valence-electron chi connectivity index (χ1n) is 6.10. The lowest BCUT2D eigenvalue weighted by molar-refractivity contribution is -0.120. The zero-order valence-corrected chi connectivity index (χ0v) is 12.4. The number of carbonyl (C=O) groups is 2. The molecule has 2 rings (SSSR count). The number of amides is 2. The van der Waals surface area contributed by atoms with Crippen LogP contribution in [-0.4, -0.2) is 11.8 Å². The largest absolute Gasteiger partial charge is 0.368 e. The Balaban J connectivity index is 2.28. The summed E-state index contributed by atoms with van der Waals surface area (Å²) in [6, 6.07) is 12.5. The number of hydrogen-bond donors (Lipinski definition) is 2. The Kier molecular flexibility index (Phi) is 4.83. The van der Waals surface area contributed by atoms with Gasteiger partial charge in [-0.05, 0) is 17.7 Å². The molecule has 2 amide bonds. The van der Waals surface area contributed by atoms with Crippen LogP contribution in [0.15, 0.2) is 48.5 Å². The lowest BCUT2D eigenvalue weighted by atomic mass is 10.1. The Morgan fingerprint density at radius 3 is 2.29 bits per heavy atom. The van der Waals surface area contributed by atoms with Crippen molar-refractivity contribution in [1.82, 2.24) is 5.32 Å². The summed E-state index contributed by atoms with van der Waals surface area (Å²) in [5.74, 6) is -1.18. The average Bonchev–Trinajstić information content (AvgIpc) is 2.48. The van der Waals surface area contributed by atoms with E-state index in [0.717, 1.165) is 0 Å². The summed E-state index contributed by atoms with van der Waals surface area (Å²) >= 11 is 11.9. The van der Waals surface area contributed by atoms with E-state index in [2.05, 4.69) is 5.32 Å². The summed E-state index contributed by atoms with van der Waals surface area (Å²) in [7, 11) is 0. The highest BCUT2D eigenvalue weighted by atomic mass is 35.5. The molecule has 0 aliphatic carbocycles. The monoisotopic (exact) mass is 322 g/mol. The molecule has 2 aromatic rings. The number of hydrogen-bond acceptors (Lipinski definition) is 2. The maximum Gasteiger partial charge on any atom is 0.253 e. The number of carbonyl (C=O) groups excluding carboxylic acids is 2. The Labute approximate surface area is 131 Å².